The number of hydrogen-bond acceptors (Lipinski definition) is 1. The van der Waals surface area contributed by atoms with Crippen LogP contribution in [0.4, 0.5) is 5.69 Å². The van der Waals surface area contributed by atoms with Gasteiger partial charge in [0.2, 0.25) is 5.91 Å². The van der Waals surface area contributed by atoms with E-state index in [1.807, 2.05) is 0 Å². The Morgan fingerprint density at radius 2 is 0.919 bits per heavy atom. The van der Waals surface area contributed by atoms with Crippen LogP contribution >= 0.6 is 0 Å². The minimum Gasteiger partial charge on any atom is -0.326 e. The molecule has 2 heteroatoms. The quantitative estimate of drug-likeness (QED) is 0.233. The summed E-state index contributed by atoms with van der Waals surface area (Å²) in [7, 11) is 0. The molecule has 0 aliphatic heterocycles. The molecule has 0 fully saturated rings. The molecule has 182 valence electrons. The van der Waals surface area contributed by atoms with Gasteiger partial charge in [0.15, 0.2) is 0 Å². The average molecular weight is 482 g/mol. The normalized spacial score (nSPS) is 11.0. The molecule has 1 N–H and O–H groups in total. The molecule has 0 radical (unpaired) electrons. The summed E-state index contributed by atoms with van der Waals surface area (Å²) < 4.78 is 0. The third kappa shape index (κ3) is 5.39. The fourth-order valence-electron chi connectivity index (χ4n) is 5.26. The lowest BCUT2D eigenvalue weighted by Crippen LogP contribution is -2.14. The molecule has 0 heterocycles. The third-order valence-corrected chi connectivity index (χ3v) is 6.96. The van der Waals surface area contributed by atoms with Crippen molar-refractivity contribution < 1.29 is 4.79 Å². The number of amides is 1. The molecule has 2 nitrogen and oxygen atoms in total. The van der Waals surface area contributed by atoms with Crippen LogP contribution in [0.1, 0.15) is 57.7 Å². The molecule has 5 aromatic carbocycles. The van der Waals surface area contributed by atoms with Gasteiger partial charge in [-0.2, -0.15) is 0 Å². The van der Waals surface area contributed by atoms with Gasteiger partial charge < -0.3 is 5.32 Å². The second kappa shape index (κ2) is 11.1. The lowest BCUT2D eigenvalue weighted by Gasteiger charge is -2.26. The van der Waals surface area contributed by atoms with Crippen LogP contribution in [0.25, 0.3) is 0 Å². The molecule has 1 amide bonds. The number of carbonyl (C=O) groups is 1. The SMILES string of the molecule is CC(=O)Nc1cc(C(c2ccccc2)c2ccccc2)cc(C(c2ccccc2)c2ccccc2)c1C. The van der Waals surface area contributed by atoms with Crippen LogP contribution in [0.2, 0.25) is 0 Å². The van der Waals surface area contributed by atoms with Crippen molar-refractivity contribution in [1.29, 1.82) is 0 Å². The Labute approximate surface area is 219 Å². The van der Waals surface area contributed by atoms with E-state index < -0.39 is 0 Å². The molecule has 5 aromatic rings. The van der Waals surface area contributed by atoms with E-state index in [9.17, 15) is 4.79 Å². The molecular weight excluding hydrogens is 450 g/mol. The molecule has 0 saturated heterocycles. The first-order valence-electron chi connectivity index (χ1n) is 12.7. The van der Waals surface area contributed by atoms with Gasteiger partial charge in [0.1, 0.15) is 0 Å². The molecular formula is C35H31NO. The molecule has 0 aromatic heterocycles. The highest BCUT2D eigenvalue weighted by Gasteiger charge is 2.24. The molecule has 0 atom stereocenters. The standard InChI is InChI=1S/C35H31NO/c1-25-32(35(29-19-11-5-12-20-29)30-21-13-6-14-22-30)23-31(24-33(25)36-26(2)37)34(27-15-7-3-8-16-27)28-17-9-4-10-18-28/h3-24,34-35H,1-2H3,(H,36,37). The zero-order chi connectivity index (χ0) is 25.6. The fraction of sp³-hybridized carbons (Fsp3) is 0.114. The second-order valence-electron chi connectivity index (χ2n) is 9.47. The zero-order valence-corrected chi connectivity index (χ0v) is 21.3. The molecule has 0 saturated carbocycles. The number of rotatable bonds is 7. The van der Waals surface area contributed by atoms with Gasteiger partial charge in [-0.05, 0) is 51.9 Å². The van der Waals surface area contributed by atoms with E-state index in [0.29, 0.717) is 0 Å². The Morgan fingerprint density at radius 3 is 1.30 bits per heavy atom. The number of benzene rings is 5. The summed E-state index contributed by atoms with van der Waals surface area (Å²) in [5, 5.41) is 3.13. The Morgan fingerprint density at radius 1 is 0.541 bits per heavy atom. The summed E-state index contributed by atoms with van der Waals surface area (Å²) >= 11 is 0. The van der Waals surface area contributed by atoms with Gasteiger partial charge in [0, 0.05) is 24.4 Å². The summed E-state index contributed by atoms with van der Waals surface area (Å²) in [5.41, 5.74) is 9.15. The van der Waals surface area contributed by atoms with Crippen molar-refractivity contribution in [3.63, 3.8) is 0 Å². The van der Waals surface area contributed by atoms with Gasteiger partial charge in [-0.15, -0.1) is 0 Å². The van der Waals surface area contributed by atoms with Crippen LogP contribution in [-0.2, 0) is 4.79 Å². The lowest BCUT2D eigenvalue weighted by atomic mass is 9.78. The Hall–Kier alpha value is -4.43. The van der Waals surface area contributed by atoms with Crippen molar-refractivity contribution in [2.75, 3.05) is 5.32 Å². The number of nitrogens with one attached hydrogen (secondary N) is 1. The van der Waals surface area contributed by atoms with E-state index >= 15 is 0 Å². The molecule has 0 aliphatic carbocycles. The van der Waals surface area contributed by atoms with Crippen molar-refractivity contribution in [3.05, 3.63) is 172 Å². The maximum atomic E-state index is 12.3. The van der Waals surface area contributed by atoms with Gasteiger partial charge in [0.25, 0.3) is 0 Å². The summed E-state index contributed by atoms with van der Waals surface area (Å²) in [6.07, 6.45) is 0. The zero-order valence-electron chi connectivity index (χ0n) is 21.3. The molecule has 0 spiro atoms. The first kappa shape index (κ1) is 24.3. The third-order valence-electron chi connectivity index (χ3n) is 6.96. The van der Waals surface area contributed by atoms with Gasteiger partial charge in [-0.25, -0.2) is 0 Å². The highest BCUT2D eigenvalue weighted by atomic mass is 16.1. The molecule has 0 bridgehead atoms. The maximum Gasteiger partial charge on any atom is 0.221 e. The van der Waals surface area contributed by atoms with E-state index in [0.717, 1.165) is 16.8 Å². The summed E-state index contributed by atoms with van der Waals surface area (Å²) in [6, 6.07) is 46.9. The van der Waals surface area contributed by atoms with Crippen LogP contribution in [0, 0.1) is 6.92 Å². The van der Waals surface area contributed by atoms with E-state index in [2.05, 4.69) is 146 Å². The van der Waals surface area contributed by atoms with Crippen LogP contribution in [0.15, 0.2) is 133 Å². The van der Waals surface area contributed by atoms with E-state index in [1.54, 1.807) is 6.92 Å². The Bertz CT molecular complexity index is 1380. The van der Waals surface area contributed by atoms with Crippen molar-refractivity contribution in [2.45, 2.75) is 25.7 Å². The van der Waals surface area contributed by atoms with Crippen LogP contribution in [0.3, 0.4) is 0 Å². The molecule has 5 rings (SSSR count). The average Bonchev–Trinajstić information content (AvgIpc) is 2.93. The van der Waals surface area contributed by atoms with Crippen molar-refractivity contribution in [3.8, 4) is 0 Å². The summed E-state index contributed by atoms with van der Waals surface area (Å²) in [5.74, 6) is -0.0124. The van der Waals surface area contributed by atoms with Crippen molar-refractivity contribution in [2.24, 2.45) is 0 Å². The van der Waals surface area contributed by atoms with E-state index in [1.165, 1.54) is 27.8 Å². The number of carbonyl (C=O) groups excluding carboxylic acids is 1. The molecule has 0 aliphatic rings. The smallest absolute Gasteiger partial charge is 0.221 e. The highest BCUT2D eigenvalue weighted by Crippen LogP contribution is 2.41. The number of hydrogen-bond donors (Lipinski definition) is 1. The molecule has 37 heavy (non-hydrogen) atoms. The van der Waals surface area contributed by atoms with Gasteiger partial charge in [0.05, 0.1) is 0 Å². The summed E-state index contributed by atoms with van der Waals surface area (Å²) in [4.78, 5) is 12.3. The lowest BCUT2D eigenvalue weighted by molar-refractivity contribution is -0.114. The minimum absolute atomic E-state index is 0.0291. The van der Waals surface area contributed by atoms with Crippen molar-refractivity contribution >= 4 is 11.6 Å². The van der Waals surface area contributed by atoms with Crippen LogP contribution in [-0.4, -0.2) is 5.91 Å². The first-order chi connectivity index (χ1) is 18.1. The van der Waals surface area contributed by atoms with E-state index in [4.69, 9.17) is 0 Å². The fourth-order valence-corrected chi connectivity index (χ4v) is 5.26. The van der Waals surface area contributed by atoms with Gasteiger partial charge in [-0.3, -0.25) is 4.79 Å². The van der Waals surface area contributed by atoms with Crippen molar-refractivity contribution in [1.82, 2.24) is 0 Å². The monoisotopic (exact) mass is 481 g/mol. The highest BCUT2D eigenvalue weighted by molar-refractivity contribution is 5.90. The predicted octanol–water partition coefficient (Wildman–Crippen LogP) is 8.31. The minimum atomic E-state index is -0.0712. The largest absolute Gasteiger partial charge is 0.326 e. The Balaban J connectivity index is 1.78. The number of anilines is 1. The maximum absolute atomic E-state index is 12.3. The van der Waals surface area contributed by atoms with Crippen LogP contribution in [0.5, 0.6) is 0 Å². The van der Waals surface area contributed by atoms with Gasteiger partial charge >= 0.3 is 0 Å². The Kier molecular flexibility index (Phi) is 7.28. The second-order valence-corrected chi connectivity index (χ2v) is 9.47. The first-order valence-corrected chi connectivity index (χ1v) is 12.7. The van der Waals surface area contributed by atoms with Gasteiger partial charge in [-0.1, -0.05) is 127 Å². The predicted molar refractivity (Wildman–Crippen MR) is 153 cm³/mol. The van der Waals surface area contributed by atoms with E-state index in [-0.39, 0.29) is 17.7 Å². The van der Waals surface area contributed by atoms with Crippen LogP contribution < -0.4 is 5.32 Å². The topological polar surface area (TPSA) is 29.1 Å². The summed E-state index contributed by atoms with van der Waals surface area (Å²) in [6.45, 7) is 3.69. The molecule has 0 unspecified atom stereocenters.